The van der Waals surface area contributed by atoms with Gasteiger partial charge < -0.3 is 4.74 Å². The van der Waals surface area contributed by atoms with Gasteiger partial charge in [-0.05, 0) is 26.7 Å². The van der Waals surface area contributed by atoms with Crippen LogP contribution in [-0.4, -0.2) is 27.0 Å². The Hall–Kier alpha value is -1.39. The molecule has 102 valence electrons. The van der Waals surface area contributed by atoms with Gasteiger partial charge in [-0.25, -0.2) is 4.79 Å². The van der Waals surface area contributed by atoms with Crippen LogP contribution in [0.3, 0.4) is 0 Å². The molecule has 0 amide bonds. The first kappa shape index (κ1) is 14.7. The summed E-state index contributed by atoms with van der Waals surface area (Å²) in [7, 11) is 0. The van der Waals surface area contributed by atoms with Crippen molar-refractivity contribution in [2.75, 3.05) is 0 Å². The number of rotatable bonds is 4. The molecule has 0 aliphatic carbocycles. The highest BCUT2D eigenvalue weighted by Gasteiger charge is 2.27. The molecule has 5 nitrogen and oxygen atoms in total. The third-order valence-electron chi connectivity index (χ3n) is 3.10. The standard InChI is InChI=1S/C13H23N3O2/c1-7-8(2)9(3)10-11(15-16-14-10)12(17)18-13(4,5)6/h8-9H,7H2,1-6H3,(H,14,15,16). The number of hydrogen-bond donors (Lipinski definition) is 1. The second-order valence-corrected chi connectivity index (χ2v) is 5.73. The Morgan fingerprint density at radius 2 is 1.94 bits per heavy atom. The predicted molar refractivity (Wildman–Crippen MR) is 69.4 cm³/mol. The molecule has 2 unspecified atom stereocenters. The van der Waals surface area contributed by atoms with Gasteiger partial charge in [0.15, 0.2) is 5.69 Å². The molecule has 1 heterocycles. The Morgan fingerprint density at radius 3 is 2.44 bits per heavy atom. The van der Waals surface area contributed by atoms with Gasteiger partial charge in [0.1, 0.15) is 11.3 Å². The molecule has 1 N–H and O–H groups in total. The third kappa shape index (κ3) is 3.55. The van der Waals surface area contributed by atoms with Crippen LogP contribution in [0.25, 0.3) is 0 Å². The highest BCUT2D eigenvalue weighted by Crippen LogP contribution is 2.27. The number of aromatic amines is 1. The van der Waals surface area contributed by atoms with Gasteiger partial charge in [-0.1, -0.05) is 27.2 Å². The molecule has 0 aromatic carbocycles. The lowest BCUT2D eigenvalue weighted by Gasteiger charge is -2.20. The minimum atomic E-state index is -0.521. The van der Waals surface area contributed by atoms with Crippen molar-refractivity contribution in [3.8, 4) is 0 Å². The van der Waals surface area contributed by atoms with E-state index < -0.39 is 11.6 Å². The molecule has 0 aliphatic rings. The van der Waals surface area contributed by atoms with Crippen molar-refractivity contribution < 1.29 is 9.53 Å². The molecule has 0 saturated heterocycles. The highest BCUT2D eigenvalue weighted by atomic mass is 16.6. The number of aromatic nitrogens is 3. The molecule has 1 rings (SSSR count). The molecule has 5 heteroatoms. The molecule has 1 aromatic rings. The third-order valence-corrected chi connectivity index (χ3v) is 3.10. The van der Waals surface area contributed by atoms with E-state index in [1.54, 1.807) is 0 Å². The second-order valence-electron chi connectivity index (χ2n) is 5.73. The SMILES string of the molecule is CCC(C)C(C)c1n[nH]nc1C(=O)OC(C)(C)C. The number of hydrogen-bond acceptors (Lipinski definition) is 4. The van der Waals surface area contributed by atoms with E-state index in [0.29, 0.717) is 17.3 Å². The molecule has 2 atom stereocenters. The summed E-state index contributed by atoms with van der Waals surface area (Å²) in [6.45, 7) is 11.8. The van der Waals surface area contributed by atoms with Crippen LogP contribution in [0.4, 0.5) is 0 Å². The molecule has 0 radical (unpaired) electrons. The minimum absolute atomic E-state index is 0.177. The Balaban J connectivity index is 2.92. The fraction of sp³-hybridized carbons (Fsp3) is 0.769. The summed E-state index contributed by atoms with van der Waals surface area (Å²) in [5.41, 5.74) is 0.476. The van der Waals surface area contributed by atoms with Gasteiger partial charge in [-0.2, -0.15) is 10.3 Å². The van der Waals surface area contributed by atoms with Crippen LogP contribution in [0.15, 0.2) is 0 Å². The zero-order chi connectivity index (χ0) is 13.9. The van der Waals surface area contributed by atoms with Crippen molar-refractivity contribution in [3.05, 3.63) is 11.4 Å². The number of esters is 1. The summed E-state index contributed by atoms with van der Waals surface area (Å²) in [5.74, 6) is 0.203. The van der Waals surface area contributed by atoms with Crippen molar-refractivity contribution in [1.82, 2.24) is 15.4 Å². The Bertz CT molecular complexity index is 407. The fourth-order valence-electron chi connectivity index (χ4n) is 1.66. The molecule has 0 aliphatic heterocycles. The van der Waals surface area contributed by atoms with Crippen LogP contribution in [0.2, 0.25) is 0 Å². The number of ether oxygens (including phenoxy) is 1. The van der Waals surface area contributed by atoms with E-state index in [1.165, 1.54) is 0 Å². The highest BCUT2D eigenvalue weighted by molar-refractivity contribution is 5.88. The van der Waals surface area contributed by atoms with Crippen molar-refractivity contribution in [2.45, 2.75) is 59.5 Å². The van der Waals surface area contributed by atoms with Gasteiger partial charge >= 0.3 is 5.97 Å². The predicted octanol–water partition coefficient (Wildman–Crippen LogP) is 2.91. The maximum absolute atomic E-state index is 12.0. The van der Waals surface area contributed by atoms with E-state index >= 15 is 0 Å². The van der Waals surface area contributed by atoms with E-state index in [4.69, 9.17) is 4.74 Å². The second kappa shape index (κ2) is 5.50. The molecule has 0 saturated carbocycles. The van der Waals surface area contributed by atoms with Crippen molar-refractivity contribution in [2.24, 2.45) is 5.92 Å². The summed E-state index contributed by atoms with van der Waals surface area (Å²) in [6.07, 6.45) is 1.03. The van der Waals surface area contributed by atoms with Gasteiger partial charge in [0.05, 0.1) is 0 Å². The molecular weight excluding hydrogens is 230 g/mol. The minimum Gasteiger partial charge on any atom is -0.455 e. The van der Waals surface area contributed by atoms with Crippen molar-refractivity contribution in [3.63, 3.8) is 0 Å². The summed E-state index contributed by atoms with van der Waals surface area (Å²) in [6, 6.07) is 0. The van der Waals surface area contributed by atoms with Gasteiger partial charge in [-0.3, -0.25) is 0 Å². The van der Waals surface area contributed by atoms with Crippen LogP contribution in [0.5, 0.6) is 0 Å². The largest absolute Gasteiger partial charge is 0.455 e. The van der Waals surface area contributed by atoms with Crippen molar-refractivity contribution >= 4 is 5.97 Å². The average molecular weight is 253 g/mol. The van der Waals surface area contributed by atoms with Crippen LogP contribution in [0.1, 0.15) is 70.1 Å². The van der Waals surface area contributed by atoms with Crippen LogP contribution >= 0.6 is 0 Å². The summed E-state index contributed by atoms with van der Waals surface area (Å²) in [5, 5.41) is 10.6. The first-order chi connectivity index (χ1) is 8.26. The molecule has 1 aromatic heterocycles. The molecular formula is C13H23N3O2. The summed E-state index contributed by atoms with van der Waals surface area (Å²) in [4.78, 5) is 12.0. The first-order valence-electron chi connectivity index (χ1n) is 6.40. The molecule has 18 heavy (non-hydrogen) atoms. The Kier molecular flexibility index (Phi) is 4.48. The first-order valence-corrected chi connectivity index (χ1v) is 6.40. The number of nitrogens with one attached hydrogen (secondary N) is 1. The van der Waals surface area contributed by atoms with Crippen LogP contribution < -0.4 is 0 Å². The maximum Gasteiger partial charge on any atom is 0.361 e. The van der Waals surface area contributed by atoms with E-state index in [9.17, 15) is 4.79 Å². The van der Waals surface area contributed by atoms with Gasteiger partial charge in [0.2, 0.25) is 0 Å². The quantitative estimate of drug-likeness (QED) is 0.838. The lowest BCUT2D eigenvalue weighted by atomic mass is 9.90. The lowest BCUT2D eigenvalue weighted by Crippen LogP contribution is -2.25. The smallest absolute Gasteiger partial charge is 0.361 e. The lowest BCUT2D eigenvalue weighted by molar-refractivity contribution is 0.00607. The van der Waals surface area contributed by atoms with Crippen LogP contribution in [-0.2, 0) is 4.74 Å². The van der Waals surface area contributed by atoms with E-state index in [-0.39, 0.29) is 5.92 Å². The summed E-state index contributed by atoms with van der Waals surface area (Å²) < 4.78 is 5.32. The zero-order valence-corrected chi connectivity index (χ0v) is 12.1. The van der Waals surface area contributed by atoms with Gasteiger partial charge in [0.25, 0.3) is 0 Å². The molecule has 0 spiro atoms. The van der Waals surface area contributed by atoms with Gasteiger partial charge in [-0.15, -0.1) is 5.10 Å². The Labute approximate surface area is 108 Å². The average Bonchev–Trinajstić information content (AvgIpc) is 2.73. The normalized spacial score (nSPS) is 15.2. The fourth-order valence-corrected chi connectivity index (χ4v) is 1.66. The van der Waals surface area contributed by atoms with Gasteiger partial charge in [0, 0.05) is 5.92 Å². The molecule has 0 fully saturated rings. The zero-order valence-electron chi connectivity index (χ0n) is 12.1. The van der Waals surface area contributed by atoms with E-state index in [1.807, 2.05) is 20.8 Å². The number of carbonyl (C=O) groups excluding carboxylic acids is 1. The number of nitrogens with zero attached hydrogens (tertiary/aromatic N) is 2. The monoisotopic (exact) mass is 253 g/mol. The van der Waals surface area contributed by atoms with E-state index in [2.05, 4.69) is 36.2 Å². The number of carbonyl (C=O) groups is 1. The van der Waals surface area contributed by atoms with Crippen LogP contribution in [0, 0.1) is 5.92 Å². The van der Waals surface area contributed by atoms with Crippen molar-refractivity contribution in [1.29, 1.82) is 0 Å². The van der Waals surface area contributed by atoms with E-state index in [0.717, 1.165) is 6.42 Å². The topological polar surface area (TPSA) is 67.9 Å². The summed E-state index contributed by atoms with van der Waals surface area (Å²) >= 11 is 0. The number of H-pyrrole nitrogens is 1. The molecule has 0 bridgehead atoms. The maximum atomic E-state index is 12.0. The Morgan fingerprint density at radius 1 is 1.33 bits per heavy atom.